The van der Waals surface area contributed by atoms with Crippen molar-refractivity contribution in [3.63, 3.8) is 0 Å². The Bertz CT molecular complexity index is 423. The van der Waals surface area contributed by atoms with Gasteiger partial charge in [0.25, 0.3) is 0 Å². The molecule has 6 heteroatoms. The van der Waals surface area contributed by atoms with Gasteiger partial charge >= 0.3 is 6.18 Å². The second-order valence-corrected chi connectivity index (χ2v) is 4.68. The highest BCUT2D eigenvalue weighted by atomic mass is 19.4. The number of ether oxygens (including phenoxy) is 2. The van der Waals surface area contributed by atoms with E-state index < -0.39 is 12.8 Å². The lowest BCUT2D eigenvalue weighted by Crippen LogP contribution is -2.30. The minimum atomic E-state index is -4.26. The number of halogens is 3. The molecule has 2 rings (SSSR count). The summed E-state index contributed by atoms with van der Waals surface area (Å²) in [6.45, 7) is 0.462. The Morgan fingerprint density at radius 2 is 2.10 bits per heavy atom. The molecule has 0 fully saturated rings. The fourth-order valence-corrected chi connectivity index (χ4v) is 2.21. The maximum Gasteiger partial charge on any atom is 0.411 e. The Balaban J connectivity index is 1.68. The van der Waals surface area contributed by atoms with Gasteiger partial charge < -0.3 is 14.8 Å². The van der Waals surface area contributed by atoms with Crippen molar-refractivity contribution in [1.82, 2.24) is 5.32 Å². The van der Waals surface area contributed by atoms with Crippen LogP contribution in [0.2, 0.25) is 0 Å². The third-order valence-corrected chi connectivity index (χ3v) is 3.11. The summed E-state index contributed by atoms with van der Waals surface area (Å²) in [7, 11) is 0. The molecule has 3 nitrogen and oxygen atoms in total. The molecule has 20 heavy (non-hydrogen) atoms. The lowest BCUT2D eigenvalue weighted by atomic mass is 9.97. The summed E-state index contributed by atoms with van der Waals surface area (Å²) < 4.78 is 45.8. The zero-order chi connectivity index (χ0) is 14.4. The monoisotopic (exact) mass is 289 g/mol. The van der Waals surface area contributed by atoms with Crippen LogP contribution in [0.15, 0.2) is 24.3 Å². The van der Waals surface area contributed by atoms with Crippen molar-refractivity contribution in [2.75, 3.05) is 32.9 Å². The van der Waals surface area contributed by atoms with Gasteiger partial charge in [-0.25, -0.2) is 0 Å². The van der Waals surface area contributed by atoms with Crippen molar-refractivity contribution in [2.24, 2.45) is 0 Å². The second-order valence-electron chi connectivity index (χ2n) is 4.68. The van der Waals surface area contributed by atoms with Crippen LogP contribution in [0, 0.1) is 0 Å². The van der Waals surface area contributed by atoms with Crippen LogP contribution in [0.3, 0.4) is 0 Å². The number of alkyl halides is 3. The molecule has 1 aromatic rings. The summed E-state index contributed by atoms with van der Waals surface area (Å²) in [5.41, 5.74) is 2.43. The van der Waals surface area contributed by atoms with Crippen LogP contribution in [0.1, 0.15) is 17.2 Å². The lowest BCUT2D eigenvalue weighted by molar-refractivity contribution is -0.173. The quantitative estimate of drug-likeness (QED) is 0.816. The molecule has 1 N–H and O–H groups in total. The lowest BCUT2D eigenvalue weighted by Gasteiger charge is -2.26. The van der Waals surface area contributed by atoms with Gasteiger partial charge in [-0.05, 0) is 17.5 Å². The molecular formula is C14H18F3NO2. The van der Waals surface area contributed by atoms with E-state index in [1.165, 1.54) is 5.56 Å². The van der Waals surface area contributed by atoms with E-state index in [0.29, 0.717) is 19.7 Å². The zero-order valence-electron chi connectivity index (χ0n) is 11.1. The minimum absolute atomic E-state index is 0.0356. The Kier molecular flexibility index (Phi) is 5.39. The van der Waals surface area contributed by atoms with Gasteiger partial charge in [0.1, 0.15) is 6.61 Å². The fourth-order valence-electron chi connectivity index (χ4n) is 2.21. The second kappa shape index (κ2) is 7.06. The molecule has 0 aromatic heterocycles. The number of hydrogen-bond donors (Lipinski definition) is 1. The van der Waals surface area contributed by atoms with E-state index in [9.17, 15) is 13.2 Å². The van der Waals surface area contributed by atoms with Gasteiger partial charge in [0.15, 0.2) is 0 Å². The van der Waals surface area contributed by atoms with Crippen molar-refractivity contribution in [3.8, 4) is 0 Å². The molecule has 0 spiro atoms. The maximum absolute atomic E-state index is 11.9. The van der Waals surface area contributed by atoms with Crippen molar-refractivity contribution in [2.45, 2.75) is 18.7 Å². The Morgan fingerprint density at radius 3 is 2.90 bits per heavy atom. The predicted molar refractivity (Wildman–Crippen MR) is 68.6 cm³/mol. The molecule has 1 heterocycles. The molecule has 0 bridgehead atoms. The van der Waals surface area contributed by atoms with Crippen molar-refractivity contribution < 1.29 is 22.6 Å². The molecule has 112 valence electrons. The molecule has 0 saturated heterocycles. The average molecular weight is 289 g/mol. The molecule has 0 saturated carbocycles. The van der Waals surface area contributed by atoms with Crippen LogP contribution in [0.5, 0.6) is 0 Å². The molecule has 1 atom stereocenters. The van der Waals surface area contributed by atoms with E-state index in [2.05, 4.69) is 16.1 Å². The van der Waals surface area contributed by atoms with Crippen LogP contribution >= 0.6 is 0 Å². The number of fused-ring (bicyclic) bond motifs is 1. The molecular weight excluding hydrogens is 271 g/mol. The molecule has 0 aliphatic carbocycles. The first-order valence-corrected chi connectivity index (χ1v) is 6.61. The summed E-state index contributed by atoms with van der Waals surface area (Å²) >= 11 is 0. The zero-order valence-corrected chi connectivity index (χ0v) is 11.1. The normalized spacial score (nSPS) is 18.9. The minimum Gasteiger partial charge on any atom is -0.372 e. The van der Waals surface area contributed by atoms with Crippen LogP contribution in [-0.2, 0) is 15.9 Å². The molecule has 1 aromatic carbocycles. The number of benzene rings is 1. The van der Waals surface area contributed by atoms with E-state index in [1.54, 1.807) is 0 Å². The van der Waals surface area contributed by atoms with Crippen LogP contribution in [-0.4, -0.2) is 39.1 Å². The van der Waals surface area contributed by atoms with Crippen LogP contribution in [0.25, 0.3) is 0 Å². The summed E-state index contributed by atoms with van der Waals surface area (Å²) in [5.74, 6) is 0. The van der Waals surface area contributed by atoms with Crippen LogP contribution < -0.4 is 5.32 Å². The topological polar surface area (TPSA) is 30.5 Å². The van der Waals surface area contributed by atoms with Gasteiger partial charge in [-0.3, -0.25) is 0 Å². The molecule has 1 aliphatic rings. The standard InChI is InChI=1S/C14H18F3NO2/c15-14(16,17)10-19-8-6-18-9-13-12-4-2-1-3-11(12)5-7-20-13/h1-4,13,18H,5-10H2. The van der Waals surface area contributed by atoms with Gasteiger partial charge in [-0.1, -0.05) is 24.3 Å². The predicted octanol–water partition coefficient (Wildman–Crippen LogP) is 2.47. The number of rotatable bonds is 6. The first-order valence-electron chi connectivity index (χ1n) is 6.61. The molecule has 1 unspecified atom stereocenters. The Morgan fingerprint density at radius 1 is 1.30 bits per heavy atom. The third kappa shape index (κ3) is 4.77. The van der Waals surface area contributed by atoms with Gasteiger partial charge in [0.2, 0.25) is 0 Å². The van der Waals surface area contributed by atoms with Gasteiger partial charge in [-0.2, -0.15) is 13.2 Å². The highest BCUT2D eigenvalue weighted by Gasteiger charge is 2.27. The SMILES string of the molecule is FC(F)(F)COCCNCC1OCCc2ccccc21. The molecule has 0 amide bonds. The first-order chi connectivity index (χ1) is 9.56. The summed E-state index contributed by atoms with van der Waals surface area (Å²) in [6, 6.07) is 8.07. The van der Waals surface area contributed by atoms with Gasteiger partial charge in [-0.15, -0.1) is 0 Å². The van der Waals surface area contributed by atoms with Gasteiger partial charge in [0.05, 0.1) is 19.3 Å². The smallest absolute Gasteiger partial charge is 0.372 e. The van der Waals surface area contributed by atoms with Crippen molar-refractivity contribution >= 4 is 0 Å². The van der Waals surface area contributed by atoms with E-state index in [-0.39, 0.29) is 12.7 Å². The van der Waals surface area contributed by atoms with Gasteiger partial charge in [0, 0.05) is 13.1 Å². The summed E-state index contributed by atoms with van der Waals surface area (Å²) in [5, 5.41) is 3.06. The van der Waals surface area contributed by atoms with Crippen molar-refractivity contribution in [3.05, 3.63) is 35.4 Å². The van der Waals surface area contributed by atoms with E-state index in [0.717, 1.165) is 12.0 Å². The first kappa shape index (κ1) is 15.3. The van der Waals surface area contributed by atoms with Crippen molar-refractivity contribution in [1.29, 1.82) is 0 Å². The fraction of sp³-hybridized carbons (Fsp3) is 0.571. The summed E-state index contributed by atoms with van der Waals surface area (Å²) in [6.07, 6.45) is -3.39. The highest BCUT2D eigenvalue weighted by molar-refractivity contribution is 5.31. The highest BCUT2D eigenvalue weighted by Crippen LogP contribution is 2.26. The average Bonchev–Trinajstić information content (AvgIpc) is 2.41. The third-order valence-electron chi connectivity index (χ3n) is 3.11. The Hall–Kier alpha value is -1.11. The van der Waals surface area contributed by atoms with E-state index >= 15 is 0 Å². The van der Waals surface area contributed by atoms with Crippen LogP contribution in [0.4, 0.5) is 13.2 Å². The maximum atomic E-state index is 11.9. The largest absolute Gasteiger partial charge is 0.411 e. The number of nitrogens with one attached hydrogen (secondary N) is 1. The molecule has 0 radical (unpaired) electrons. The summed E-state index contributed by atoms with van der Waals surface area (Å²) in [4.78, 5) is 0. The Labute approximate surface area is 116 Å². The van der Waals surface area contributed by atoms with E-state index in [1.807, 2.05) is 18.2 Å². The molecule has 1 aliphatic heterocycles. The van der Waals surface area contributed by atoms with E-state index in [4.69, 9.17) is 4.74 Å². The number of hydrogen-bond acceptors (Lipinski definition) is 3.